The second-order valence-corrected chi connectivity index (χ2v) is 4.19. The minimum Gasteiger partial charge on any atom is -0.230 e. The molecule has 0 heterocycles. The van der Waals surface area contributed by atoms with Gasteiger partial charge in [0.1, 0.15) is 0 Å². The van der Waals surface area contributed by atoms with Gasteiger partial charge in [-0.15, -0.1) is 0 Å². The Kier molecular flexibility index (Phi) is 3.53. The fourth-order valence-corrected chi connectivity index (χ4v) is 1.03. The molecule has 1 atom stereocenters. The van der Waals surface area contributed by atoms with Gasteiger partial charge in [-0.3, -0.25) is 0 Å². The average Bonchev–Trinajstić information content (AvgIpc) is 1.98. The number of nitrogens with two attached hydrogens (primary N) is 1. The summed E-state index contributed by atoms with van der Waals surface area (Å²) in [6.45, 7) is 0. The van der Waals surface area contributed by atoms with Crippen molar-refractivity contribution in [3.63, 3.8) is 0 Å². The van der Waals surface area contributed by atoms with Gasteiger partial charge in [-0.2, -0.15) is 30.7 Å². The molecular weight excluding hydrogens is 278 g/mol. The van der Waals surface area contributed by atoms with Crippen LogP contribution in [0.25, 0.3) is 0 Å². The summed E-state index contributed by atoms with van der Waals surface area (Å²) in [6.07, 6.45) is -11.7. The molecule has 0 bridgehead atoms. The molecule has 2 N–H and O–H groups in total. The summed E-state index contributed by atoms with van der Waals surface area (Å²) in [5, 5.41) is -2.78. The summed E-state index contributed by atoms with van der Waals surface area (Å²) in [5.74, 6) is -6.52. The molecule has 0 aromatic carbocycles. The van der Waals surface area contributed by atoms with Gasteiger partial charge in [-0.1, -0.05) is 0 Å². The molecule has 3 nitrogen and oxygen atoms in total. The molecule has 0 saturated heterocycles. The van der Waals surface area contributed by atoms with E-state index in [1.165, 1.54) is 0 Å². The second-order valence-electron chi connectivity index (χ2n) is 2.59. The maximum absolute atomic E-state index is 12.3. The first-order valence-corrected chi connectivity index (χ1v) is 4.69. The second kappa shape index (κ2) is 3.68. The third-order valence-corrected chi connectivity index (χ3v) is 2.34. The quantitative estimate of drug-likeness (QED) is 0.795. The van der Waals surface area contributed by atoms with Crippen LogP contribution in [-0.2, 0) is 10.0 Å². The highest BCUT2D eigenvalue weighted by molar-refractivity contribution is 7.90. The zero-order chi connectivity index (χ0) is 13.6. The number of rotatable bonds is 3. The summed E-state index contributed by atoms with van der Waals surface area (Å²) >= 11 is 0. The molecule has 0 rings (SSSR count). The highest BCUT2D eigenvalue weighted by atomic mass is 32.2. The van der Waals surface area contributed by atoms with Crippen molar-refractivity contribution in [2.45, 2.75) is 23.5 Å². The zero-order valence-electron chi connectivity index (χ0n) is 6.90. The van der Waals surface area contributed by atoms with Crippen LogP contribution >= 0.6 is 0 Å². The van der Waals surface area contributed by atoms with Crippen molar-refractivity contribution in [3.05, 3.63) is 0 Å². The minimum atomic E-state index is -6.52. The van der Waals surface area contributed by atoms with Gasteiger partial charge in [0.25, 0.3) is 16.2 Å². The lowest BCUT2D eigenvalue weighted by molar-refractivity contribution is -0.284. The van der Waals surface area contributed by atoms with Crippen molar-refractivity contribution < 1.29 is 43.5 Å². The van der Waals surface area contributed by atoms with Crippen LogP contribution in [0.1, 0.15) is 0 Å². The molecule has 1 unspecified atom stereocenters. The van der Waals surface area contributed by atoms with Crippen LogP contribution in [0.15, 0.2) is 0 Å². The van der Waals surface area contributed by atoms with Crippen LogP contribution in [0.5, 0.6) is 0 Å². The normalized spacial score (nSPS) is 17.3. The largest absolute Gasteiger partial charge is 0.425 e. The van der Waals surface area contributed by atoms with Gasteiger partial charge in [0, 0.05) is 0 Å². The van der Waals surface area contributed by atoms with Gasteiger partial charge in [-0.25, -0.2) is 17.9 Å². The Bertz CT molecular complexity index is 359. The Morgan fingerprint density at radius 3 is 1.44 bits per heavy atom. The van der Waals surface area contributed by atoms with Crippen molar-refractivity contribution in [2.24, 2.45) is 5.14 Å². The third kappa shape index (κ3) is 2.36. The van der Waals surface area contributed by atoms with Gasteiger partial charge in [0.05, 0.1) is 0 Å². The average molecular weight is 281 g/mol. The monoisotopic (exact) mass is 281 g/mol. The summed E-state index contributed by atoms with van der Waals surface area (Å²) in [6, 6.07) is 0. The lowest BCUT2D eigenvalue weighted by Gasteiger charge is -2.28. The Labute approximate surface area is 83.3 Å². The SMILES string of the molecule is NS(=O)(=O)C(F)(F)C(F)(F)C(F)C(F)(F)F. The maximum atomic E-state index is 12.3. The molecule has 0 aliphatic carbocycles. The van der Waals surface area contributed by atoms with Crippen molar-refractivity contribution >= 4 is 10.0 Å². The van der Waals surface area contributed by atoms with Crippen LogP contribution in [0, 0.1) is 0 Å². The van der Waals surface area contributed by atoms with Gasteiger partial charge in [-0.05, 0) is 0 Å². The lowest BCUT2D eigenvalue weighted by Crippen LogP contribution is -2.58. The molecule has 0 amide bonds. The first kappa shape index (κ1) is 15.3. The van der Waals surface area contributed by atoms with Crippen LogP contribution < -0.4 is 5.14 Å². The fraction of sp³-hybridized carbons (Fsp3) is 1.00. The molecule has 0 radical (unpaired) electrons. The van der Waals surface area contributed by atoms with E-state index in [4.69, 9.17) is 0 Å². The van der Waals surface area contributed by atoms with E-state index in [0.29, 0.717) is 0 Å². The number of hydrogen-bond donors (Lipinski definition) is 1. The summed E-state index contributed by atoms with van der Waals surface area (Å²) in [4.78, 5) is 0. The first-order chi connectivity index (χ1) is 6.65. The van der Waals surface area contributed by atoms with Crippen molar-refractivity contribution in [3.8, 4) is 0 Å². The van der Waals surface area contributed by atoms with Gasteiger partial charge >= 0.3 is 17.4 Å². The molecule has 0 saturated carbocycles. The highest BCUT2D eigenvalue weighted by Gasteiger charge is 2.74. The molecule has 0 aliphatic heterocycles. The lowest BCUT2D eigenvalue weighted by atomic mass is 10.2. The Hall–Kier alpha value is -0.650. The van der Waals surface area contributed by atoms with E-state index in [-0.39, 0.29) is 0 Å². The number of hydrogen-bond acceptors (Lipinski definition) is 2. The topological polar surface area (TPSA) is 60.2 Å². The summed E-state index contributed by atoms with van der Waals surface area (Å²) in [5.41, 5.74) is 0. The van der Waals surface area contributed by atoms with Gasteiger partial charge in [0.2, 0.25) is 0 Å². The van der Waals surface area contributed by atoms with E-state index in [0.717, 1.165) is 0 Å². The van der Waals surface area contributed by atoms with Crippen LogP contribution in [-0.4, -0.2) is 31.9 Å². The van der Waals surface area contributed by atoms with E-state index in [1.54, 1.807) is 0 Å². The summed E-state index contributed by atoms with van der Waals surface area (Å²) in [7, 11) is -6.39. The number of sulfonamides is 1. The molecule has 0 aromatic rings. The van der Waals surface area contributed by atoms with Gasteiger partial charge in [0.15, 0.2) is 0 Å². The van der Waals surface area contributed by atoms with E-state index in [1.807, 2.05) is 0 Å². The van der Waals surface area contributed by atoms with Crippen LogP contribution in [0.2, 0.25) is 0 Å². The molecule has 0 aromatic heterocycles. The third-order valence-electron chi connectivity index (χ3n) is 1.35. The van der Waals surface area contributed by atoms with Crippen molar-refractivity contribution in [1.82, 2.24) is 0 Å². The number of primary sulfonamides is 1. The molecular formula is C4H3F8NO2S. The van der Waals surface area contributed by atoms with E-state index in [9.17, 15) is 43.5 Å². The summed E-state index contributed by atoms with van der Waals surface area (Å²) < 4.78 is 115. The fourth-order valence-electron chi connectivity index (χ4n) is 0.543. The Morgan fingerprint density at radius 1 is 0.938 bits per heavy atom. The molecule has 98 valence electrons. The van der Waals surface area contributed by atoms with E-state index < -0.39 is 33.5 Å². The van der Waals surface area contributed by atoms with E-state index in [2.05, 4.69) is 5.14 Å². The smallest absolute Gasteiger partial charge is 0.230 e. The standard InChI is InChI=1S/C4H3F8NO2S/c5-1(3(8,9)10)2(6,7)4(11,12)16(13,14)15/h1H,(H2,13,14,15). The van der Waals surface area contributed by atoms with Crippen LogP contribution in [0.3, 0.4) is 0 Å². The Balaban J connectivity index is 5.55. The van der Waals surface area contributed by atoms with Crippen molar-refractivity contribution in [1.29, 1.82) is 0 Å². The Morgan fingerprint density at radius 2 is 1.25 bits per heavy atom. The predicted molar refractivity (Wildman–Crippen MR) is 34.0 cm³/mol. The minimum absolute atomic E-state index is 3.59. The predicted octanol–water partition coefficient (Wildman–Crippen LogP) is 1.40. The number of alkyl halides is 8. The molecule has 16 heavy (non-hydrogen) atoms. The maximum Gasteiger partial charge on any atom is 0.425 e. The van der Waals surface area contributed by atoms with E-state index >= 15 is 0 Å². The first-order valence-electron chi connectivity index (χ1n) is 3.14. The highest BCUT2D eigenvalue weighted by Crippen LogP contribution is 2.46. The molecule has 0 fully saturated rings. The van der Waals surface area contributed by atoms with Gasteiger partial charge < -0.3 is 0 Å². The molecule has 0 aliphatic rings. The van der Waals surface area contributed by atoms with Crippen LogP contribution in [0.4, 0.5) is 35.1 Å². The number of halogens is 8. The molecule has 0 spiro atoms. The molecule has 12 heteroatoms. The van der Waals surface area contributed by atoms with Crippen molar-refractivity contribution in [2.75, 3.05) is 0 Å². The zero-order valence-corrected chi connectivity index (χ0v) is 7.72.